The van der Waals surface area contributed by atoms with Crippen molar-refractivity contribution in [2.24, 2.45) is 0 Å². The third-order valence-corrected chi connectivity index (χ3v) is 4.23. The van der Waals surface area contributed by atoms with Crippen LogP contribution in [0.4, 0.5) is 4.39 Å². The van der Waals surface area contributed by atoms with Gasteiger partial charge in [0.25, 0.3) is 5.91 Å². The Kier molecular flexibility index (Phi) is 4.58. The fourth-order valence-corrected chi connectivity index (χ4v) is 3.13. The molecular weight excluding hydrogens is 317 g/mol. The van der Waals surface area contributed by atoms with E-state index in [1.54, 1.807) is 30.0 Å². The average molecular weight is 335 g/mol. The molecule has 1 fully saturated rings. The summed E-state index contributed by atoms with van der Waals surface area (Å²) in [7, 11) is 0. The first-order chi connectivity index (χ1) is 11.1. The van der Waals surface area contributed by atoms with Gasteiger partial charge in [-0.2, -0.15) is 0 Å². The Hall–Kier alpha value is -1.99. The van der Waals surface area contributed by atoms with Crippen LogP contribution in [-0.2, 0) is 9.53 Å². The second-order valence-electron chi connectivity index (χ2n) is 5.50. The number of carbonyl (C=O) groups is 1. The highest BCUT2D eigenvalue weighted by Crippen LogP contribution is 2.29. The molecule has 1 saturated heterocycles. The molecule has 0 radical (unpaired) electrons. The average Bonchev–Trinajstić information content (AvgIpc) is 2.55. The van der Waals surface area contributed by atoms with E-state index in [4.69, 9.17) is 17.0 Å². The molecule has 3 rings (SSSR count). The van der Waals surface area contributed by atoms with Crippen LogP contribution in [0.2, 0.25) is 0 Å². The summed E-state index contributed by atoms with van der Waals surface area (Å²) < 4.78 is 19.5. The van der Waals surface area contributed by atoms with Crippen molar-refractivity contribution in [1.82, 2.24) is 15.5 Å². The Morgan fingerprint density at radius 1 is 1.35 bits per heavy atom. The van der Waals surface area contributed by atoms with Crippen molar-refractivity contribution in [2.75, 3.05) is 26.3 Å². The Labute approximate surface area is 139 Å². The van der Waals surface area contributed by atoms with Crippen LogP contribution in [0.3, 0.4) is 0 Å². The Bertz CT molecular complexity index is 671. The van der Waals surface area contributed by atoms with Gasteiger partial charge < -0.3 is 20.3 Å². The molecule has 0 aromatic heterocycles. The van der Waals surface area contributed by atoms with Crippen LogP contribution in [0.25, 0.3) is 0 Å². The molecule has 0 aliphatic carbocycles. The lowest BCUT2D eigenvalue weighted by atomic mass is 9.94. The van der Waals surface area contributed by atoms with Gasteiger partial charge in [-0.05, 0) is 25.2 Å². The number of nitrogens with one attached hydrogen (secondary N) is 2. The van der Waals surface area contributed by atoms with E-state index in [9.17, 15) is 9.18 Å². The van der Waals surface area contributed by atoms with Crippen molar-refractivity contribution in [3.05, 3.63) is 46.9 Å². The standard InChI is InChI=1S/C16H18FN3O2S/c1-10-13(15(21)20-6-8-22-9-7-20)14(19-16(23)18-10)11-4-2-3-5-12(11)17/h2-5,14H,6-9H2,1H3,(H2,18,19,23)/t14-/m1/s1. The van der Waals surface area contributed by atoms with Gasteiger partial charge in [0.15, 0.2) is 5.11 Å². The highest BCUT2D eigenvalue weighted by atomic mass is 32.1. The zero-order chi connectivity index (χ0) is 16.4. The monoisotopic (exact) mass is 335 g/mol. The molecule has 0 bridgehead atoms. The quantitative estimate of drug-likeness (QED) is 0.802. The number of nitrogens with zero attached hydrogens (tertiary/aromatic N) is 1. The fraction of sp³-hybridized carbons (Fsp3) is 0.375. The molecular formula is C16H18FN3O2S. The van der Waals surface area contributed by atoms with E-state index < -0.39 is 6.04 Å². The van der Waals surface area contributed by atoms with E-state index >= 15 is 0 Å². The Morgan fingerprint density at radius 3 is 2.74 bits per heavy atom. The van der Waals surface area contributed by atoms with E-state index in [2.05, 4.69) is 10.6 Å². The molecule has 5 nitrogen and oxygen atoms in total. The molecule has 2 aliphatic heterocycles. The smallest absolute Gasteiger partial charge is 0.254 e. The topological polar surface area (TPSA) is 53.6 Å². The minimum Gasteiger partial charge on any atom is -0.378 e. The van der Waals surface area contributed by atoms with Gasteiger partial charge in [-0.1, -0.05) is 18.2 Å². The van der Waals surface area contributed by atoms with Crippen LogP contribution in [0.1, 0.15) is 18.5 Å². The van der Waals surface area contributed by atoms with Gasteiger partial charge in [0.1, 0.15) is 5.82 Å². The van der Waals surface area contributed by atoms with E-state index in [0.717, 1.165) is 0 Å². The number of rotatable bonds is 2. The maximum absolute atomic E-state index is 14.2. The van der Waals surface area contributed by atoms with Crippen molar-refractivity contribution in [1.29, 1.82) is 0 Å². The molecule has 1 atom stereocenters. The Morgan fingerprint density at radius 2 is 2.04 bits per heavy atom. The molecule has 1 aromatic rings. The summed E-state index contributed by atoms with van der Waals surface area (Å²) in [5.74, 6) is -0.490. The van der Waals surface area contributed by atoms with Crippen LogP contribution in [-0.4, -0.2) is 42.2 Å². The number of allylic oxidation sites excluding steroid dienone is 1. The van der Waals surface area contributed by atoms with Crippen LogP contribution in [0, 0.1) is 5.82 Å². The minimum absolute atomic E-state index is 0.124. The second kappa shape index (κ2) is 6.64. The molecule has 0 saturated carbocycles. The largest absolute Gasteiger partial charge is 0.378 e. The molecule has 2 heterocycles. The van der Waals surface area contributed by atoms with Gasteiger partial charge in [0, 0.05) is 24.4 Å². The first-order valence-corrected chi connectivity index (χ1v) is 7.88. The van der Waals surface area contributed by atoms with E-state index in [0.29, 0.717) is 48.2 Å². The van der Waals surface area contributed by atoms with Crippen LogP contribution < -0.4 is 10.6 Å². The number of halogens is 1. The SMILES string of the molecule is CC1=C(C(=O)N2CCOCC2)[C@@H](c2ccccc2F)NC(=S)N1. The third kappa shape index (κ3) is 3.20. The van der Waals surface area contributed by atoms with Gasteiger partial charge in [0.2, 0.25) is 0 Å². The van der Waals surface area contributed by atoms with Gasteiger partial charge in [-0.3, -0.25) is 4.79 Å². The zero-order valence-corrected chi connectivity index (χ0v) is 13.6. The fourth-order valence-electron chi connectivity index (χ4n) is 2.86. The molecule has 2 N–H and O–H groups in total. The van der Waals surface area contributed by atoms with Crippen molar-refractivity contribution < 1.29 is 13.9 Å². The van der Waals surface area contributed by atoms with Crippen LogP contribution in [0.15, 0.2) is 35.5 Å². The summed E-state index contributed by atoms with van der Waals surface area (Å²) in [6.45, 7) is 3.88. The number of ether oxygens (including phenoxy) is 1. The van der Waals surface area contributed by atoms with Crippen molar-refractivity contribution in [3.8, 4) is 0 Å². The summed E-state index contributed by atoms with van der Waals surface area (Å²) in [5.41, 5.74) is 1.55. The first kappa shape index (κ1) is 15.9. The Balaban J connectivity index is 1.99. The predicted molar refractivity (Wildman–Crippen MR) is 88.1 cm³/mol. The van der Waals surface area contributed by atoms with E-state index in [1.807, 2.05) is 0 Å². The predicted octanol–water partition coefficient (Wildman–Crippen LogP) is 1.48. The second-order valence-corrected chi connectivity index (χ2v) is 5.90. The summed E-state index contributed by atoms with van der Waals surface area (Å²) in [5, 5.41) is 6.37. The summed E-state index contributed by atoms with van der Waals surface area (Å²) in [6, 6.07) is 5.82. The molecule has 1 amide bonds. The summed E-state index contributed by atoms with van der Waals surface area (Å²) in [4.78, 5) is 14.7. The van der Waals surface area contributed by atoms with Crippen molar-refractivity contribution in [3.63, 3.8) is 0 Å². The number of benzene rings is 1. The van der Waals surface area contributed by atoms with E-state index in [-0.39, 0.29) is 11.7 Å². The third-order valence-electron chi connectivity index (χ3n) is 4.01. The molecule has 23 heavy (non-hydrogen) atoms. The molecule has 1 aromatic carbocycles. The number of hydrogen-bond donors (Lipinski definition) is 2. The zero-order valence-electron chi connectivity index (χ0n) is 12.8. The first-order valence-electron chi connectivity index (χ1n) is 7.47. The van der Waals surface area contributed by atoms with Gasteiger partial charge in [0.05, 0.1) is 24.8 Å². The normalized spacial score (nSPS) is 21.7. The van der Waals surface area contributed by atoms with Crippen LogP contribution >= 0.6 is 12.2 Å². The number of amides is 1. The molecule has 0 unspecified atom stereocenters. The molecule has 122 valence electrons. The van der Waals surface area contributed by atoms with Crippen molar-refractivity contribution in [2.45, 2.75) is 13.0 Å². The van der Waals surface area contributed by atoms with Gasteiger partial charge in [-0.25, -0.2) is 4.39 Å². The lowest BCUT2D eigenvalue weighted by Gasteiger charge is -2.34. The summed E-state index contributed by atoms with van der Waals surface area (Å²) >= 11 is 5.18. The lowest BCUT2D eigenvalue weighted by molar-refractivity contribution is -0.131. The highest BCUT2D eigenvalue weighted by molar-refractivity contribution is 7.80. The van der Waals surface area contributed by atoms with Crippen LogP contribution in [0.5, 0.6) is 0 Å². The number of carbonyl (C=O) groups excluding carboxylic acids is 1. The maximum atomic E-state index is 14.2. The van der Waals surface area contributed by atoms with Gasteiger partial charge in [-0.15, -0.1) is 0 Å². The minimum atomic E-state index is -0.597. The highest BCUT2D eigenvalue weighted by Gasteiger charge is 2.34. The lowest BCUT2D eigenvalue weighted by Crippen LogP contribution is -2.49. The molecule has 2 aliphatic rings. The summed E-state index contributed by atoms with van der Waals surface area (Å²) in [6.07, 6.45) is 0. The number of morpholine rings is 1. The van der Waals surface area contributed by atoms with Gasteiger partial charge >= 0.3 is 0 Å². The molecule has 7 heteroatoms. The van der Waals surface area contributed by atoms with E-state index in [1.165, 1.54) is 6.07 Å². The number of hydrogen-bond acceptors (Lipinski definition) is 3. The maximum Gasteiger partial charge on any atom is 0.254 e. The van der Waals surface area contributed by atoms with Crippen molar-refractivity contribution >= 4 is 23.2 Å². The molecule has 0 spiro atoms. The number of thiocarbonyl (C=S) groups is 1.